The van der Waals surface area contributed by atoms with E-state index >= 15 is 0 Å². The highest BCUT2D eigenvalue weighted by molar-refractivity contribution is 8.00. The van der Waals surface area contributed by atoms with Crippen LogP contribution in [-0.4, -0.2) is 37.6 Å². The zero-order valence-corrected chi connectivity index (χ0v) is 15.1. The average molecular weight is 376 g/mol. The molecule has 0 saturated carbocycles. The number of H-pyrrole nitrogens is 1. The minimum atomic E-state index is -0.243. The largest absolute Gasteiger partial charge is 0.465 e. The molecule has 0 aliphatic carbocycles. The van der Waals surface area contributed by atoms with E-state index in [4.69, 9.17) is 4.74 Å². The van der Waals surface area contributed by atoms with E-state index in [1.165, 1.54) is 11.8 Å². The van der Waals surface area contributed by atoms with Gasteiger partial charge in [-0.15, -0.1) is 10.2 Å². The second-order valence-corrected chi connectivity index (χ2v) is 7.48. The summed E-state index contributed by atoms with van der Waals surface area (Å²) in [5.41, 5.74) is 2.88. The first kappa shape index (κ1) is 16.1. The van der Waals surface area contributed by atoms with Crippen LogP contribution in [-0.2, 0) is 9.53 Å². The van der Waals surface area contributed by atoms with E-state index in [0.29, 0.717) is 24.0 Å². The summed E-state index contributed by atoms with van der Waals surface area (Å²) in [4.78, 5) is 15.3. The van der Waals surface area contributed by atoms with Gasteiger partial charge < -0.3 is 9.72 Å². The average Bonchev–Trinajstić information content (AvgIpc) is 3.41. The van der Waals surface area contributed by atoms with Gasteiger partial charge in [-0.05, 0) is 24.3 Å². The van der Waals surface area contributed by atoms with E-state index < -0.39 is 0 Å². The van der Waals surface area contributed by atoms with Crippen molar-refractivity contribution in [2.45, 2.75) is 16.8 Å². The van der Waals surface area contributed by atoms with Crippen LogP contribution < -0.4 is 0 Å². The number of fused-ring (bicyclic) bond motifs is 1. The summed E-state index contributed by atoms with van der Waals surface area (Å²) in [6.07, 6.45) is 0.687. The number of hydrogen-bond donors (Lipinski definition) is 1. The maximum Gasteiger partial charge on any atom is 0.319 e. The van der Waals surface area contributed by atoms with Crippen LogP contribution in [0.1, 0.15) is 6.42 Å². The number of aromatic amines is 1. The third-order valence-electron chi connectivity index (χ3n) is 4.55. The molecule has 0 bridgehead atoms. The second kappa shape index (κ2) is 6.59. The van der Waals surface area contributed by atoms with Gasteiger partial charge in [-0.2, -0.15) is 0 Å². The summed E-state index contributed by atoms with van der Waals surface area (Å²) >= 11 is 1.40. The number of hydrogen-bond acceptors (Lipinski definition) is 5. The van der Waals surface area contributed by atoms with Crippen molar-refractivity contribution in [2.24, 2.45) is 0 Å². The Hall–Kier alpha value is -3.06. The van der Waals surface area contributed by atoms with Crippen molar-refractivity contribution in [3.8, 4) is 17.2 Å². The van der Waals surface area contributed by atoms with Gasteiger partial charge in [-0.3, -0.25) is 9.36 Å². The molecule has 1 atom stereocenters. The second-order valence-electron chi connectivity index (χ2n) is 6.31. The Morgan fingerprint density at radius 2 is 1.89 bits per heavy atom. The third-order valence-corrected chi connectivity index (χ3v) is 5.74. The Kier molecular flexibility index (Phi) is 3.94. The Labute approximate surface area is 159 Å². The number of carbonyl (C=O) groups is 1. The molecule has 1 N–H and O–H groups in total. The zero-order valence-electron chi connectivity index (χ0n) is 14.3. The fourth-order valence-electron chi connectivity index (χ4n) is 3.24. The normalized spacial score (nSPS) is 16.7. The highest BCUT2D eigenvalue weighted by Gasteiger charge is 2.30. The number of carbonyl (C=O) groups excluding carboxylic acids is 1. The van der Waals surface area contributed by atoms with Crippen LogP contribution in [0.15, 0.2) is 65.8 Å². The van der Waals surface area contributed by atoms with E-state index in [0.717, 1.165) is 22.3 Å². The Morgan fingerprint density at radius 3 is 2.67 bits per heavy atom. The lowest BCUT2D eigenvalue weighted by Crippen LogP contribution is -2.11. The predicted octanol–water partition coefficient (Wildman–Crippen LogP) is 3.82. The molecule has 0 spiro atoms. The van der Waals surface area contributed by atoms with Crippen LogP contribution in [0.4, 0.5) is 0 Å². The molecule has 5 rings (SSSR count). The molecular formula is C20H16N4O2S. The van der Waals surface area contributed by atoms with Gasteiger partial charge in [0.15, 0.2) is 11.0 Å². The van der Waals surface area contributed by atoms with Crippen molar-refractivity contribution in [2.75, 3.05) is 6.61 Å². The van der Waals surface area contributed by atoms with Gasteiger partial charge in [0.05, 0.1) is 12.3 Å². The predicted molar refractivity (Wildman–Crippen MR) is 104 cm³/mol. The first-order valence-electron chi connectivity index (χ1n) is 8.72. The summed E-state index contributed by atoms with van der Waals surface area (Å²) in [7, 11) is 0. The van der Waals surface area contributed by atoms with Gasteiger partial charge in [-0.25, -0.2) is 0 Å². The number of rotatable bonds is 4. The molecule has 134 valence electrons. The fraction of sp³-hybridized carbons (Fsp3) is 0.150. The highest BCUT2D eigenvalue weighted by atomic mass is 32.2. The van der Waals surface area contributed by atoms with Crippen LogP contribution in [0.3, 0.4) is 0 Å². The lowest BCUT2D eigenvalue weighted by atomic mass is 10.2. The molecule has 6 nitrogen and oxygen atoms in total. The van der Waals surface area contributed by atoms with Crippen LogP contribution in [0.25, 0.3) is 28.1 Å². The molecule has 3 heterocycles. The van der Waals surface area contributed by atoms with Crippen LogP contribution >= 0.6 is 11.8 Å². The van der Waals surface area contributed by atoms with E-state index in [-0.39, 0.29) is 11.2 Å². The molecule has 1 aliphatic rings. The van der Waals surface area contributed by atoms with E-state index in [9.17, 15) is 4.79 Å². The molecule has 2 aromatic heterocycles. The summed E-state index contributed by atoms with van der Waals surface area (Å²) in [5.74, 6) is 0.529. The van der Waals surface area contributed by atoms with Crippen molar-refractivity contribution in [3.05, 3.63) is 60.7 Å². The quantitative estimate of drug-likeness (QED) is 0.548. The molecule has 7 heteroatoms. The monoisotopic (exact) mass is 376 g/mol. The smallest absolute Gasteiger partial charge is 0.319 e. The summed E-state index contributed by atoms with van der Waals surface area (Å²) in [6, 6.07) is 20.1. The van der Waals surface area contributed by atoms with Gasteiger partial charge in [-0.1, -0.05) is 48.2 Å². The fourth-order valence-corrected chi connectivity index (χ4v) is 4.25. The van der Waals surface area contributed by atoms with Gasteiger partial charge in [0.2, 0.25) is 0 Å². The Morgan fingerprint density at radius 1 is 1.07 bits per heavy atom. The molecular weight excluding hydrogens is 360 g/mol. The number of ether oxygens (including phenoxy) is 1. The minimum Gasteiger partial charge on any atom is -0.465 e. The number of benzene rings is 2. The number of cyclic esters (lactones) is 1. The van der Waals surface area contributed by atoms with Crippen molar-refractivity contribution in [1.29, 1.82) is 0 Å². The molecule has 0 amide bonds. The Bertz CT molecular complexity index is 1090. The van der Waals surface area contributed by atoms with Gasteiger partial charge >= 0.3 is 5.97 Å². The topological polar surface area (TPSA) is 72.8 Å². The third kappa shape index (κ3) is 2.90. The number of nitrogens with one attached hydrogen (secondary N) is 1. The number of thioether (sulfide) groups is 1. The zero-order chi connectivity index (χ0) is 18.2. The molecule has 2 aromatic carbocycles. The first-order valence-corrected chi connectivity index (χ1v) is 9.60. The lowest BCUT2D eigenvalue weighted by Gasteiger charge is -2.10. The SMILES string of the molecule is O=C1OCCC1Sc1nnc(-c2cc3ccccc3[nH]2)n1-c1ccccc1. The summed E-state index contributed by atoms with van der Waals surface area (Å²) in [5, 5.41) is 10.4. The standard InChI is InChI=1S/C20H16N4O2S/c25-19-17(10-11-26-19)27-20-23-22-18(24(20)14-7-2-1-3-8-14)16-12-13-6-4-5-9-15(13)21-16/h1-9,12,17,21H,10-11H2. The molecule has 27 heavy (non-hydrogen) atoms. The molecule has 1 fully saturated rings. The van der Waals surface area contributed by atoms with Gasteiger partial charge in [0, 0.05) is 23.0 Å². The van der Waals surface area contributed by atoms with Crippen LogP contribution in [0.2, 0.25) is 0 Å². The van der Waals surface area contributed by atoms with Gasteiger partial charge in [0.25, 0.3) is 0 Å². The number of esters is 1. The molecule has 1 aliphatic heterocycles. The maximum atomic E-state index is 11.9. The first-order chi connectivity index (χ1) is 13.3. The number of nitrogens with zero attached hydrogens (tertiary/aromatic N) is 3. The van der Waals surface area contributed by atoms with Crippen molar-refractivity contribution in [3.63, 3.8) is 0 Å². The molecule has 4 aromatic rings. The number of aromatic nitrogens is 4. The van der Waals surface area contributed by atoms with Crippen LogP contribution in [0, 0.1) is 0 Å². The molecule has 0 radical (unpaired) electrons. The van der Waals surface area contributed by atoms with E-state index in [1.807, 2.05) is 53.1 Å². The summed E-state index contributed by atoms with van der Waals surface area (Å²) < 4.78 is 7.08. The Balaban J connectivity index is 1.63. The minimum absolute atomic E-state index is 0.185. The van der Waals surface area contributed by atoms with E-state index in [1.54, 1.807) is 0 Å². The molecule has 1 unspecified atom stereocenters. The lowest BCUT2D eigenvalue weighted by molar-refractivity contribution is -0.137. The van der Waals surface area contributed by atoms with Crippen molar-refractivity contribution >= 4 is 28.6 Å². The van der Waals surface area contributed by atoms with Crippen molar-refractivity contribution in [1.82, 2.24) is 19.7 Å². The van der Waals surface area contributed by atoms with E-state index in [2.05, 4.69) is 27.3 Å². The van der Waals surface area contributed by atoms with Crippen molar-refractivity contribution < 1.29 is 9.53 Å². The molecule has 1 saturated heterocycles. The summed E-state index contributed by atoms with van der Waals surface area (Å²) in [6.45, 7) is 0.463. The highest BCUT2D eigenvalue weighted by Crippen LogP contribution is 2.33. The van der Waals surface area contributed by atoms with Crippen LogP contribution in [0.5, 0.6) is 0 Å². The van der Waals surface area contributed by atoms with Gasteiger partial charge in [0.1, 0.15) is 5.25 Å². The number of para-hydroxylation sites is 2. The maximum absolute atomic E-state index is 11.9.